The average Bonchev–Trinajstić information content (AvgIpc) is 2.80. The van der Waals surface area contributed by atoms with Gasteiger partial charge in [0.05, 0.1) is 11.9 Å². The fraction of sp³-hybridized carbons (Fsp3) is 0.481. The molecule has 2 rings (SSSR count). The first-order chi connectivity index (χ1) is 16.6. The van der Waals surface area contributed by atoms with E-state index in [1.165, 1.54) is 29.2 Å². The monoisotopic (exact) mass is 519 g/mol. The van der Waals surface area contributed by atoms with Crippen LogP contribution in [0.25, 0.3) is 0 Å². The van der Waals surface area contributed by atoms with Crippen LogP contribution in [0.5, 0.6) is 0 Å². The van der Waals surface area contributed by atoms with Gasteiger partial charge in [0.2, 0.25) is 21.8 Å². The third kappa shape index (κ3) is 8.05. The van der Waals surface area contributed by atoms with Crippen molar-refractivity contribution in [3.05, 3.63) is 65.5 Å². The molecule has 0 unspecified atom stereocenters. The van der Waals surface area contributed by atoms with Gasteiger partial charge in [-0.1, -0.05) is 52.0 Å². The number of sulfonamides is 1. The second kappa shape index (κ2) is 11.9. The highest BCUT2D eigenvalue weighted by molar-refractivity contribution is 7.92. The largest absolute Gasteiger partial charge is 0.352 e. The van der Waals surface area contributed by atoms with Gasteiger partial charge in [0.25, 0.3) is 0 Å². The summed E-state index contributed by atoms with van der Waals surface area (Å²) in [6, 6.07) is 11.7. The molecular formula is C27H38FN3O4S. The SMILES string of the molecule is CC[C@@H](C)NC(=O)[C@@H](C)N(Cc1ccc(F)cc1)C(=O)CN(c1ccc(C(C)(C)C)cc1)S(C)(=O)=O. The van der Waals surface area contributed by atoms with Gasteiger partial charge in [-0.25, -0.2) is 12.8 Å². The maximum atomic E-state index is 13.5. The quantitative estimate of drug-likeness (QED) is 0.509. The zero-order valence-corrected chi connectivity index (χ0v) is 23.0. The third-order valence-electron chi connectivity index (χ3n) is 6.14. The summed E-state index contributed by atoms with van der Waals surface area (Å²) in [5.41, 5.74) is 1.89. The Morgan fingerprint density at radius 2 is 1.56 bits per heavy atom. The lowest BCUT2D eigenvalue weighted by Gasteiger charge is -2.32. The van der Waals surface area contributed by atoms with Gasteiger partial charge in [0.1, 0.15) is 18.4 Å². The molecule has 0 spiro atoms. The van der Waals surface area contributed by atoms with E-state index in [1.807, 2.05) is 26.0 Å². The summed E-state index contributed by atoms with van der Waals surface area (Å²) in [6.07, 6.45) is 1.76. The summed E-state index contributed by atoms with van der Waals surface area (Å²) in [5, 5.41) is 2.87. The van der Waals surface area contributed by atoms with Crippen molar-refractivity contribution in [1.29, 1.82) is 0 Å². The number of anilines is 1. The van der Waals surface area contributed by atoms with Crippen LogP contribution >= 0.6 is 0 Å². The van der Waals surface area contributed by atoms with Crippen molar-refractivity contribution >= 4 is 27.5 Å². The van der Waals surface area contributed by atoms with Gasteiger partial charge in [-0.3, -0.25) is 13.9 Å². The number of benzene rings is 2. The Kier molecular flexibility index (Phi) is 9.65. The Morgan fingerprint density at radius 3 is 2.03 bits per heavy atom. The maximum Gasteiger partial charge on any atom is 0.244 e. The molecule has 2 atom stereocenters. The number of halogens is 1. The maximum absolute atomic E-state index is 13.5. The van der Waals surface area contributed by atoms with E-state index < -0.39 is 34.3 Å². The lowest BCUT2D eigenvalue weighted by atomic mass is 9.87. The van der Waals surface area contributed by atoms with Crippen LogP contribution in [0.2, 0.25) is 0 Å². The summed E-state index contributed by atoms with van der Waals surface area (Å²) >= 11 is 0. The molecule has 0 aliphatic carbocycles. The molecule has 7 nitrogen and oxygen atoms in total. The Bertz CT molecular complexity index is 1140. The first-order valence-corrected chi connectivity index (χ1v) is 13.9. The van der Waals surface area contributed by atoms with Crippen LogP contribution in [-0.2, 0) is 31.6 Å². The molecule has 0 aliphatic heterocycles. The van der Waals surface area contributed by atoms with E-state index in [0.29, 0.717) is 11.3 Å². The molecule has 198 valence electrons. The van der Waals surface area contributed by atoms with Gasteiger partial charge in [0.15, 0.2) is 0 Å². The van der Waals surface area contributed by atoms with E-state index in [2.05, 4.69) is 26.1 Å². The second-order valence-corrected chi connectivity index (χ2v) is 12.1. The molecule has 2 aromatic rings. The van der Waals surface area contributed by atoms with E-state index in [4.69, 9.17) is 0 Å². The Hall–Kier alpha value is -2.94. The summed E-state index contributed by atoms with van der Waals surface area (Å²) in [4.78, 5) is 27.8. The minimum Gasteiger partial charge on any atom is -0.352 e. The number of rotatable bonds is 10. The smallest absolute Gasteiger partial charge is 0.244 e. The van der Waals surface area contributed by atoms with Crippen LogP contribution in [0.15, 0.2) is 48.5 Å². The van der Waals surface area contributed by atoms with Crippen LogP contribution in [0, 0.1) is 5.82 Å². The number of carbonyl (C=O) groups excluding carboxylic acids is 2. The zero-order valence-electron chi connectivity index (χ0n) is 22.2. The molecule has 1 N–H and O–H groups in total. The summed E-state index contributed by atoms with van der Waals surface area (Å²) in [7, 11) is -3.81. The fourth-order valence-electron chi connectivity index (χ4n) is 3.58. The Balaban J connectivity index is 2.39. The number of nitrogens with one attached hydrogen (secondary N) is 1. The second-order valence-electron chi connectivity index (χ2n) is 10.2. The van der Waals surface area contributed by atoms with E-state index in [1.54, 1.807) is 19.1 Å². The van der Waals surface area contributed by atoms with Gasteiger partial charge in [-0.2, -0.15) is 0 Å². The van der Waals surface area contributed by atoms with Gasteiger partial charge in [0, 0.05) is 12.6 Å². The third-order valence-corrected chi connectivity index (χ3v) is 7.28. The van der Waals surface area contributed by atoms with Crippen LogP contribution in [-0.4, -0.2) is 50.0 Å². The van der Waals surface area contributed by atoms with Crippen molar-refractivity contribution in [2.75, 3.05) is 17.1 Å². The highest BCUT2D eigenvalue weighted by Gasteiger charge is 2.30. The number of carbonyl (C=O) groups is 2. The summed E-state index contributed by atoms with van der Waals surface area (Å²) in [6.45, 7) is 11.1. The zero-order chi connectivity index (χ0) is 27.3. The first kappa shape index (κ1) is 29.3. The number of nitrogens with zero attached hydrogens (tertiary/aromatic N) is 2. The van der Waals surface area contributed by atoms with Crippen LogP contribution in [0.1, 0.15) is 59.1 Å². The van der Waals surface area contributed by atoms with Crippen molar-refractivity contribution in [3.63, 3.8) is 0 Å². The molecule has 36 heavy (non-hydrogen) atoms. The van der Waals surface area contributed by atoms with Gasteiger partial charge >= 0.3 is 0 Å². The summed E-state index contributed by atoms with van der Waals surface area (Å²) in [5.74, 6) is -1.31. The van der Waals surface area contributed by atoms with Crippen LogP contribution < -0.4 is 9.62 Å². The van der Waals surface area contributed by atoms with E-state index >= 15 is 0 Å². The number of amides is 2. The molecule has 0 fully saturated rings. The molecule has 0 heterocycles. The molecule has 0 saturated heterocycles. The van der Waals surface area contributed by atoms with Crippen LogP contribution in [0.4, 0.5) is 10.1 Å². The minimum absolute atomic E-state index is 0.0226. The Labute approximate surface area is 214 Å². The Morgan fingerprint density at radius 1 is 1.00 bits per heavy atom. The number of hydrogen-bond donors (Lipinski definition) is 1. The van der Waals surface area contributed by atoms with Crippen molar-refractivity contribution in [3.8, 4) is 0 Å². The van der Waals surface area contributed by atoms with Crippen LogP contribution in [0.3, 0.4) is 0 Å². The van der Waals surface area contributed by atoms with Gasteiger partial charge < -0.3 is 10.2 Å². The minimum atomic E-state index is -3.81. The molecule has 0 bridgehead atoms. The lowest BCUT2D eigenvalue weighted by Crippen LogP contribution is -2.52. The molecule has 0 aromatic heterocycles. The van der Waals surface area contributed by atoms with Crippen molar-refractivity contribution in [2.24, 2.45) is 0 Å². The molecule has 0 radical (unpaired) electrons. The molecule has 2 amide bonds. The standard InChI is InChI=1S/C27H38FN3O4S/c1-8-19(2)29-26(33)20(3)30(17-21-9-13-23(28)14-10-21)25(32)18-31(36(7,34)35)24-15-11-22(12-16-24)27(4,5)6/h9-16,19-20H,8,17-18H2,1-7H3,(H,29,33)/t19-,20-/m1/s1. The van der Waals surface area contributed by atoms with E-state index in [0.717, 1.165) is 22.5 Å². The van der Waals surface area contributed by atoms with Crippen molar-refractivity contribution in [1.82, 2.24) is 10.2 Å². The van der Waals surface area contributed by atoms with E-state index in [9.17, 15) is 22.4 Å². The van der Waals surface area contributed by atoms with Crippen molar-refractivity contribution < 1.29 is 22.4 Å². The van der Waals surface area contributed by atoms with Gasteiger partial charge in [-0.05, 0) is 61.1 Å². The van der Waals surface area contributed by atoms with Gasteiger partial charge in [-0.15, -0.1) is 0 Å². The fourth-order valence-corrected chi connectivity index (χ4v) is 4.43. The highest BCUT2D eigenvalue weighted by Crippen LogP contribution is 2.26. The topological polar surface area (TPSA) is 86.8 Å². The normalized spacial score (nSPS) is 13.6. The predicted octanol–water partition coefficient (Wildman–Crippen LogP) is 4.22. The molecular weight excluding hydrogens is 481 g/mol. The van der Waals surface area contributed by atoms with E-state index in [-0.39, 0.29) is 23.9 Å². The summed E-state index contributed by atoms with van der Waals surface area (Å²) < 4.78 is 39.8. The lowest BCUT2D eigenvalue weighted by molar-refractivity contribution is -0.139. The molecule has 9 heteroatoms. The first-order valence-electron chi connectivity index (χ1n) is 12.1. The molecule has 0 aliphatic rings. The predicted molar refractivity (Wildman–Crippen MR) is 142 cm³/mol. The molecule has 0 saturated carbocycles. The highest BCUT2D eigenvalue weighted by atomic mass is 32.2. The average molecular weight is 520 g/mol. The van der Waals surface area contributed by atoms with Crippen molar-refractivity contribution in [2.45, 2.75) is 72.0 Å². The molecule has 2 aromatic carbocycles. The number of hydrogen-bond acceptors (Lipinski definition) is 4.